The van der Waals surface area contributed by atoms with Gasteiger partial charge in [-0.25, -0.2) is 4.79 Å². The van der Waals surface area contributed by atoms with Gasteiger partial charge in [-0.3, -0.25) is 4.79 Å². The number of hydrogen-bond donors (Lipinski definition) is 0. The van der Waals surface area contributed by atoms with Crippen LogP contribution in [0.2, 0.25) is 0 Å². The van der Waals surface area contributed by atoms with Crippen LogP contribution in [-0.2, 0) is 4.74 Å². The molecule has 0 N–H and O–H groups in total. The molecule has 25 heavy (non-hydrogen) atoms. The fraction of sp³-hybridized carbons (Fsp3) is 0.556. The third kappa shape index (κ3) is 4.13. The van der Waals surface area contributed by atoms with Gasteiger partial charge in [-0.15, -0.1) is 0 Å². The maximum Gasteiger partial charge on any atom is 0.410 e. The number of rotatable bonds is 1. The maximum absolute atomic E-state index is 13.0. The molecule has 136 valence electrons. The molecule has 2 aliphatic rings. The number of amides is 2. The number of carbonyl (C=O) groups excluding carboxylic acids is 2. The van der Waals surface area contributed by atoms with E-state index in [0.717, 1.165) is 20.9 Å². The largest absolute Gasteiger partial charge is 0.444 e. The van der Waals surface area contributed by atoms with Gasteiger partial charge in [-0.2, -0.15) is 0 Å². The Morgan fingerprint density at radius 2 is 1.92 bits per heavy atom. The Balaban J connectivity index is 1.73. The molecule has 2 fully saturated rings. The summed E-state index contributed by atoms with van der Waals surface area (Å²) in [7, 11) is 0. The minimum atomic E-state index is -0.506. The van der Waals surface area contributed by atoms with E-state index < -0.39 is 5.60 Å². The van der Waals surface area contributed by atoms with E-state index in [-0.39, 0.29) is 17.5 Å². The van der Waals surface area contributed by atoms with E-state index in [1.165, 1.54) is 0 Å². The van der Waals surface area contributed by atoms with Crippen molar-refractivity contribution in [3.05, 3.63) is 31.8 Å². The molecule has 2 amide bonds. The van der Waals surface area contributed by atoms with Crippen LogP contribution >= 0.6 is 38.5 Å². The number of piperazine rings is 1. The number of benzene rings is 1. The molecule has 1 heterocycles. The molecule has 0 atom stereocenters. The fourth-order valence-electron chi connectivity index (χ4n) is 3.13. The zero-order valence-corrected chi connectivity index (χ0v) is 18.4. The van der Waals surface area contributed by atoms with Crippen molar-refractivity contribution in [1.29, 1.82) is 0 Å². The van der Waals surface area contributed by atoms with E-state index >= 15 is 0 Å². The van der Waals surface area contributed by atoms with Gasteiger partial charge in [-0.05, 0) is 90.3 Å². The van der Waals surface area contributed by atoms with Gasteiger partial charge in [0.1, 0.15) is 5.60 Å². The molecule has 0 aromatic heterocycles. The van der Waals surface area contributed by atoms with Crippen molar-refractivity contribution in [2.45, 2.75) is 44.8 Å². The maximum atomic E-state index is 13.0. The van der Waals surface area contributed by atoms with Gasteiger partial charge in [0, 0.05) is 33.2 Å². The van der Waals surface area contributed by atoms with Gasteiger partial charge in [0.05, 0.1) is 5.54 Å². The molecule has 0 unspecified atom stereocenters. The normalized spacial score (nSPS) is 19.1. The van der Waals surface area contributed by atoms with Crippen molar-refractivity contribution in [3.63, 3.8) is 0 Å². The van der Waals surface area contributed by atoms with Gasteiger partial charge in [0.15, 0.2) is 0 Å². The lowest BCUT2D eigenvalue weighted by atomic mass is 10.1. The summed E-state index contributed by atoms with van der Waals surface area (Å²) in [5.74, 6) is 0.0402. The monoisotopic (exact) mass is 520 g/mol. The van der Waals surface area contributed by atoms with Crippen molar-refractivity contribution in [1.82, 2.24) is 9.80 Å². The number of ether oxygens (including phenoxy) is 1. The lowest BCUT2D eigenvalue weighted by Crippen LogP contribution is -2.58. The zero-order valence-electron chi connectivity index (χ0n) is 14.6. The van der Waals surface area contributed by atoms with Crippen molar-refractivity contribution in [2.24, 2.45) is 0 Å². The van der Waals surface area contributed by atoms with E-state index in [0.29, 0.717) is 25.2 Å². The zero-order chi connectivity index (χ0) is 18.4. The Labute approximate surface area is 170 Å². The van der Waals surface area contributed by atoms with Gasteiger partial charge in [-0.1, -0.05) is 0 Å². The highest BCUT2D eigenvalue weighted by atomic mass is 127. The summed E-state index contributed by atoms with van der Waals surface area (Å²) < 4.78 is 7.49. The number of halogens is 2. The quantitative estimate of drug-likeness (QED) is 0.519. The average Bonchev–Trinajstić information content (AvgIpc) is 3.27. The lowest BCUT2D eigenvalue weighted by molar-refractivity contribution is 0.000634. The van der Waals surface area contributed by atoms with Crippen LogP contribution in [0, 0.1) is 3.57 Å². The molecule has 1 aliphatic heterocycles. The highest BCUT2D eigenvalue weighted by Crippen LogP contribution is 2.45. The Hall–Kier alpha value is -0.830. The molecular weight excluding hydrogens is 499 g/mol. The van der Waals surface area contributed by atoms with Gasteiger partial charge >= 0.3 is 6.09 Å². The molecule has 3 rings (SSSR count). The summed E-state index contributed by atoms with van der Waals surface area (Å²) in [5.41, 5.74) is -0.0417. The van der Waals surface area contributed by atoms with Gasteiger partial charge < -0.3 is 14.5 Å². The highest BCUT2D eigenvalue weighted by Gasteiger charge is 2.54. The highest BCUT2D eigenvalue weighted by molar-refractivity contribution is 14.1. The molecule has 1 saturated carbocycles. The van der Waals surface area contributed by atoms with Crippen LogP contribution in [0.5, 0.6) is 0 Å². The number of nitrogens with zero attached hydrogens (tertiary/aromatic N) is 2. The van der Waals surface area contributed by atoms with Crippen LogP contribution in [0.4, 0.5) is 4.79 Å². The first-order valence-corrected chi connectivity index (χ1v) is 10.2. The summed E-state index contributed by atoms with van der Waals surface area (Å²) >= 11 is 5.72. The van der Waals surface area contributed by atoms with Crippen LogP contribution in [0.1, 0.15) is 44.0 Å². The second-order valence-electron chi connectivity index (χ2n) is 7.71. The SMILES string of the molecule is CC(C)(C)OC(=O)N1CCN(C(=O)c2ccc(I)c(Br)c2)C2(CC2)C1. The Bertz CT molecular complexity index is 713. The summed E-state index contributed by atoms with van der Waals surface area (Å²) in [4.78, 5) is 29.0. The molecular formula is C18H22BrIN2O3. The first kappa shape index (κ1) is 18.9. The van der Waals surface area contributed by atoms with E-state index in [1.54, 1.807) is 4.90 Å². The Kier molecular flexibility index (Phi) is 5.09. The summed E-state index contributed by atoms with van der Waals surface area (Å²) in [6.45, 7) is 7.21. The lowest BCUT2D eigenvalue weighted by Gasteiger charge is -2.42. The molecule has 1 aromatic carbocycles. The van der Waals surface area contributed by atoms with Crippen molar-refractivity contribution in [3.8, 4) is 0 Å². The first-order chi connectivity index (χ1) is 11.6. The fourth-order valence-corrected chi connectivity index (χ4v) is 3.85. The predicted molar refractivity (Wildman–Crippen MR) is 108 cm³/mol. The number of hydrogen-bond acceptors (Lipinski definition) is 3. The van der Waals surface area contributed by atoms with E-state index in [2.05, 4.69) is 38.5 Å². The summed E-state index contributed by atoms with van der Waals surface area (Å²) in [5, 5.41) is 0. The third-order valence-electron chi connectivity index (χ3n) is 4.54. The second-order valence-corrected chi connectivity index (χ2v) is 9.73. The van der Waals surface area contributed by atoms with E-state index in [1.807, 2.05) is 43.9 Å². The van der Waals surface area contributed by atoms with E-state index in [4.69, 9.17) is 4.74 Å². The minimum Gasteiger partial charge on any atom is -0.444 e. The molecule has 5 nitrogen and oxygen atoms in total. The van der Waals surface area contributed by atoms with Gasteiger partial charge in [0.25, 0.3) is 5.91 Å². The van der Waals surface area contributed by atoms with Crippen LogP contribution in [0.3, 0.4) is 0 Å². The molecule has 1 aromatic rings. The topological polar surface area (TPSA) is 49.9 Å². The first-order valence-electron chi connectivity index (χ1n) is 8.36. The minimum absolute atomic E-state index is 0.0402. The number of carbonyl (C=O) groups is 2. The molecule has 0 radical (unpaired) electrons. The predicted octanol–water partition coefficient (Wildman–Crippen LogP) is 4.28. The molecule has 1 spiro atoms. The van der Waals surface area contributed by atoms with Crippen LogP contribution in [0.25, 0.3) is 0 Å². The molecule has 7 heteroatoms. The van der Waals surface area contributed by atoms with Crippen molar-refractivity contribution >= 4 is 50.5 Å². The van der Waals surface area contributed by atoms with E-state index in [9.17, 15) is 9.59 Å². The van der Waals surface area contributed by atoms with Crippen molar-refractivity contribution in [2.75, 3.05) is 19.6 Å². The smallest absolute Gasteiger partial charge is 0.410 e. The Morgan fingerprint density at radius 1 is 1.24 bits per heavy atom. The van der Waals surface area contributed by atoms with Crippen LogP contribution < -0.4 is 0 Å². The summed E-state index contributed by atoms with van der Waals surface area (Å²) in [6.07, 6.45) is 1.58. The van der Waals surface area contributed by atoms with Crippen LogP contribution in [-0.4, -0.2) is 52.6 Å². The molecule has 1 saturated heterocycles. The molecule has 0 bridgehead atoms. The molecule has 1 aliphatic carbocycles. The van der Waals surface area contributed by atoms with Crippen molar-refractivity contribution < 1.29 is 14.3 Å². The van der Waals surface area contributed by atoms with Gasteiger partial charge in [0.2, 0.25) is 0 Å². The standard InChI is InChI=1S/C18H22BrIN2O3/c1-17(2,3)25-16(24)21-8-9-22(18(11-21)6-7-18)15(23)12-4-5-14(20)13(19)10-12/h4-5,10H,6-9,11H2,1-3H3. The second kappa shape index (κ2) is 6.72. The third-order valence-corrected chi connectivity index (χ3v) is 6.88. The Morgan fingerprint density at radius 3 is 2.48 bits per heavy atom. The average molecular weight is 521 g/mol. The summed E-state index contributed by atoms with van der Waals surface area (Å²) in [6, 6.07) is 5.68. The van der Waals surface area contributed by atoms with Crippen LogP contribution in [0.15, 0.2) is 22.7 Å².